The summed E-state index contributed by atoms with van der Waals surface area (Å²) in [5.74, 6) is -0.426. The number of nitrogens with one attached hydrogen (secondary N) is 1. The molecule has 0 bridgehead atoms. The number of halogens is 1. The number of amides is 3. The fourth-order valence-electron chi connectivity index (χ4n) is 3.67. The van der Waals surface area contributed by atoms with Crippen molar-refractivity contribution in [3.63, 3.8) is 0 Å². The zero-order chi connectivity index (χ0) is 19.5. The molecule has 2 aliphatic heterocycles. The van der Waals surface area contributed by atoms with E-state index in [1.807, 2.05) is 18.2 Å². The molecule has 1 N–H and O–H groups in total. The van der Waals surface area contributed by atoms with Crippen LogP contribution >= 0.6 is 0 Å². The molecule has 0 aromatic heterocycles. The lowest BCUT2D eigenvalue weighted by atomic mass is 10.1. The van der Waals surface area contributed by atoms with Gasteiger partial charge in [-0.15, -0.1) is 0 Å². The first-order valence-electron chi connectivity index (χ1n) is 9.47. The second kappa shape index (κ2) is 7.98. The maximum absolute atomic E-state index is 13.5. The maximum Gasteiger partial charge on any atom is 0.322 e. The lowest BCUT2D eigenvalue weighted by Gasteiger charge is -2.36. The van der Waals surface area contributed by atoms with Gasteiger partial charge in [0.05, 0.1) is 6.54 Å². The van der Waals surface area contributed by atoms with Crippen molar-refractivity contribution in [1.82, 2.24) is 14.7 Å². The van der Waals surface area contributed by atoms with Gasteiger partial charge in [-0.05, 0) is 29.3 Å². The van der Waals surface area contributed by atoms with Crippen molar-refractivity contribution in [3.8, 4) is 0 Å². The highest BCUT2D eigenvalue weighted by Gasteiger charge is 2.28. The fourth-order valence-corrected chi connectivity index (χ4v) is 3.67. The zero-order valence-corrected chi connectivity index (χ0v) is 15.6. The van der Waals surface area contributed by atoms with Crippen molar-refractivity contribution in [3.05, 3.63) is 65.5 Å². The van der Waals surface area contributed by atoms with E-state index in [1.165, 1.54) is 22.6 Å². The van der Waals surface area contributed by atoms with Crippen molar-refractivity contribution < 1.29 is 14.0 Å². The third-order valence-corrected chi connectivity index (χ3v) is 5.26. The maximum atomic E-state index is 13.5. The SMILES string of the molecule is O=C(CN1Cc2cc(F)ccc2NC1=O)N1CCN(Cc2ccccc2)CC1. The van der Waals surface area contributed by atoms with E-state index in [4.69, 9.17) is 0 Å². The Kier molecular flexibility index (Phi) is 5.25. The molecule has 2 aromatic carbocycles. The van der Waals surface area contributed by atoms with Crippen LogP contribution in [0.1, 0.15) is 11.1 Å². The first kappa shape index (κ1) is 18.4. The molecule has 146 valence electrons. The van der Waals surface area contributed by atoms with Gasteiger partial charge in [-0.2, -0.15) is 0 Å². The summed E-state index contributed by atoms with van der Waals surface area (Å²) in [5.41, 5.74) is 2.54. The molecule has 3 amide bonds. The van der Waals surface area contributed by atoms with E-state index < -0.39 is 0 Å². The van der Waals surface area contributed by atoms with Crippen LogP contribution in [0, 0.1) is 5.82 Å². The van der Waals surface area contributed by atoms with Gasteiger partial charge in [0.2, 0.25) is 5.91 Å². The van der Waals surface area contributed by atoms with E-state index in [0.717, 1.165) is 19.6 Å². The molecule has 0 atom stereocenters. The highest BCUT2D eigenvalue weighted by Crippen LogP contribution is 2.24. The number of fused-ring (bicyclic) bond motifs is 1. The zero-order valence-electron chi connectivity index (χ0n) is 15.6. The van der Waals surface area contributed by atoms with Gasteiger partial charge in [0.1, 0.15) is 12.4 Å². The Morgan fingerprint density at radius 1 is 1.04 bits per heavy atom. The Labute approximate surface area is 163 Å². The molecule has 0 unspecified atom stereocenters. The number of carbonyl (C=O) groups excluding carboxylic acids is 2. The van der Waals surface area contributed by atoms with Crippen molar-refractivity contribution in [1.29, 1.82) is 0 Å². The fraction of sp³-hybridized carbons (Fsp3) is 0.333. The number of urea groups is 1. The molecule has 7 heteroatoms. The Morgan fingerprint density at radius 2 is 1.79 bits per heavy atom. The normalized spacial score (nSPS) is 17.2. The second-order valence-electron chi connectivity index (χ2n) is 7.23. The predicted molar refractivity (Wildman–Crippen MR) is 104 cm³/mol. The lowest BCUT2D eigenvalue weighted by Crippen LogP contribution is -2.52. The lowest BCUT2D eigenvalue weighted by molar-refractivity contribution is -0.133. The van der Waals surface area contributed by atoms with Gasteiger partial charge < -0.3 is 15.1 Å². The van der Waals surface area contributed by atoms with Crippen LogP contribution in [0.5, 0.6) is 0 Å². The number of nitrogens with zero attached hydrogens (tertiary/aromatic N) is 3. The predicted octanol–water partition coefficient (Wildman–Crippen LogP) is 2.52. The van der Waals surface area contributed by atoms with Gasteiger partial charge in [0.25, 0.3) is 0 Å². The van der Waals surface area contributed by atoms with Crippen LogP contribution in [-0.2, 0) is 17.9 Å². The van der Waals surface area contributed by atoms with E-state index in [9.17, 15) is 14.0 Å². The molecule has 0 aliphatic carbocycles. The molecule has 2 aliphatic rings. The highest BCUT2D eigenvalue weighted by atomic mass is 19.1. The molecule has 28 heavy (non-hydrogen) atoms. The summed E-state index contributed by atoms with van der Waals surface area (Å²) in [7, 11) is 0. The van der Waals surface area contributed by atoms with Gasteiger partial charge in [-0.25, -0.2) is 9.18 Å². The summed E-state index contributed by atoms with van der Waals surface area (Å²) in [4.78, 5) is 30.5. The van der Waals surface area contributed by atoms with Crippen molar-refractivity contribution in [2.24, 2.45) is 0 Å². The number of anilines is 1. The molecule has 4 rings (SSSR count). The van der Waals surface area contributed by atoms with Crippen LogP contribution in [0.25, 0.3) is 0 Å². The summed E-state index contributed by atoms with van der Waals surface area (Å²) in [6.07, 6.45) is 0. The van der Waals surface area contributed by atoms with Crippen LogP contribution in [0.2, 0.25) is 0 Å². The number of rotatable bonds is 4. The van der Waals surface area contributed by atoms with Crippen molar-refractivity contribution >= 4 is 17.6 Å². The topological polar surface area (TPSA) is 55.9 Å². The number of piperazine rings is 1. The van der Waals surface area contributed by atoms with E-state index >= 15 is 0 Å². The summed E-state index contributed by atoms with van der Waals surface area (Å²) in [6.45, 7) is 4.01. The van der Waals surface area contributed by atoms with E-state index in [1.54, 1.807) is 11.0 Å². The van der Waals surface area contributed by atoms with Crippen LogP contribution in [-0.4, -0.2) is 59.4 Å². The number of hydrogen-bond donors (Lipinski definition) is 1. The minimum atomic E-state index is -0.351. The first-order chi connectivity index (χ1) is 13.6. The van der Waals surface area contributed by atoms with Crippen LogP contribution in [0.4, 0.5) is 14.9 Å². The largest absolute Gasteiger partial charge is 0.339 e. The Hall–Kier alpha value is -2.93. The minimum absolute atomic E-state index is 0.000468. The third kappa shape index (κ3) is 4.14. The molecule has 0 saturated carbocycles. The van der Waals surface area contributed by atoms with Gasteiger partial charge in [0, 0.05) is 38.4 Å². The number of carbonyl (C=O) groups is 2. The van der Waals surface area contributed by atoms with Crippen LogP contribution < -0.4 is 5.32 Å². The molecule has 6 nitrogen and oxygen atoms in total. The quantitative estimate of drug-likeness (QED) is 0.884. The smallest absolute Gasteiger partial charge is 0.322 e. The Morgan fingerprint density at radius 3 is 2.54 bits per heavy atom. The molecule has 0 radical (unpaired) electrons. The first-order valence-corrected chi connectivity index (χ1v) is 9.47. The number of hydrogen-bond acceptors (Lipinski definition) is 3. The molecule has 2 heterocycles. The number of benzene rings is 2. The standard InChI is InChI=1S/C21H23FN4O2/c22-18-6-7-19-17(12-18)14-26(21(28)23-19)15-20(27)25-10-8-24(9-11-25)13-16-4-2-1-3-5-16/h1-7,12H,8-11,13-15H2,(H,23,28). The molecule has 2 aromatic rings. The van der Waals surface area contributed by atoms with Crippen LogP contribution in [0.15, 0.2) is 48.5 Å². The minimum Gasteiger partial charge on any atom is -0.339 e. The molecule has 1 saturated heterocycles. The summed E-state index contributed by atoms with van der Waals surface area (Å²) >= 11 is 0. The molecule has 0 spiro atoms. The van der Waals surface area contributed by atoms with Gasteiger partial charge in [-0.3, -0.25) is 9.69 Å². The molecular formula is C21H23FN4O2. The summed E-state index contributed by atoms with van der Waals surface area (Å²) in [6, 6.07) is 14.2. The summed E-state index contributed by atoms with van der Waals surface area (Å²) < 4.78 is 13.5. The Balaban J connectivity index is 1.30. The third-order valence-electron chi connectivity index (χ3n) is 5.26. The summed E-state index contributed by atoms with van der Waals surface area (Å²) in [5, 5.41) is 2.72. The highest BCUT2D eigenvalue weighted by molar-refractivity contribution is 5.94. The average Bonchev–Trinajstić information content (AvgIpc) is 2.70. The monoisotopic (exact) mass is 382 g/mol. The Bertz CT molecular complexity index is 866. The molecular weight excluding hydrogens is 359 g/mol. The molecule has 1 fully saturated rings. The van der Waals surface area contributed by atoms with E-state index in [2.05, 4.69) is 22.3 Å². The van der Waals surface area contributed by atoms with Crippen molar-refractivity contribution in [2.75, 3.05) is 38.0 Å². The van der Waals surface area contributed by atoms with E-state index in [0.29, 0.717) is 24.3 Å². The second-order valence-corrected chi connectivity index (χ2v) is 7.23. The van der Waals surface area contributed by atoms with Gasteiger partial charge in [0.15, 0.2) is 0 Å². The average molecular weight is 382 g/mol. The van der Waals surface area contributed by atoms with Crippen molar-refractivity contribution in [2.45, 2.75) is 13.1 Å². The van der Waals surface area contributed by atoms with Crippen LogP contribution in [0.3, 0.4) is 0 Å². The van der Waals surface area contributed by atoms with E-state index in [-0.39, 0.29) is 30.8 Å². The van der Waals surface area contributed by atoms with Gasteiger partial charge >= 0.3 is 6.03 Å². The van der Waals surface area contributed by atoms with Gasteiger partial charge in [-0.1, -0.05) is 30.3 Å².